The van der Waals surface area contributed by atoms with Gasteiger partial charge in [0.2, 0.25) is 11.8 Å². The van der Waals surface area contributed by atoms with Crippen molar-refractivity contribution < 1.29 is 14.3 Å². The molecule has 0 radical (unpaired) electrons. The predicted molar refractivity (Wildman–Crippen MR) is 102 cm³/mol. The number of carbonyl (C=O) groups is 1. The summed E-state index contributed by atoms with van der Waals surface area (Å²) in [5.74, 6) is 0.617. The lowest BCUT2D eigenvalue weighted by atomic mass is 9.73. The summed E-state index contributed by atoms with van der Waals surface area (Å²) in [5, 5.41) is 9.60. The summed E-state index contributed by atoms with van der Waals surface area (Å²) in [6.07, 6.45) is 6.23. The highest BCUT2D eigenvalue weighted by molar-refractivity contribution is 5.77. The molecule has 3 rings (SSSR count). The number of nitrogens with zero attached hydrogens (tertiary/aromatic N) is 4. The molecule has 146 valence electrons. The summed E-state index contributed by atoms with van der Waals surface area (Å²) in [6.45, 7) is 3.96. The minimum Gasteiger partial charge on any atom is -0.480 e. The third-order valence-electron chi connectivity index (χ3n) is 5.73. The van der Waals surface area contributed by atoms with Crippen LogP contribution in [0.15, 0.2) is 12.3 Å². The molecular formula is C20H28N4O3. The first-order valence-electron chi connectivity index (χ1n) is 9.57. The zero-order chi connectivity index (χ0) is 19.3. The van der Waals surface area contributed by atoms with Crippen molar-refractivity contribution in [2.75, 3.05) is 51.9 Å². The highest BCUT2D eigenvalue weighted by Gasteiger charge is 2.42. The monoisotopic (exact) mass is 372 g/mol. The first-order chi connectivity index (χ1) is 13.1. The summed E-state index contributed by atoms with van der Waals surface area (Å²) in [6, 6.07) is 4.14. The molecule has 7 nitrogen and oxygen atoms in total. The van der Waals surface area contributed by atoms with Crippen LogP contribution in [-0.2, 0) is 9.53 Å². The lowest BCUT2D eigenvalue weighted by Crippen LogP contribution is -2.54. The van der Waals surface area contributed by atoms with Gasteiger partial charge in [-0.25, -0.2) is 4.98 Å². The van der Waals surface area contributed by atoms with Gasteiger partial charge >= 0.3 is 0 Å². The summed E-state index contributed by atoms with van der Waals surface area (Å²) < 4.78 is 10.4. The second kappa shape index (κ2) is 8.57. The molecule has 1 spiro atoms. The zero-order valence-electron chi connectivity index (χ0n) is 16.2. The van der Waals surface area contributed by atoms with Gasteiger partial charge < -0.3 is 19.3 Å². The highest BCUT2D eigenvalue weighted by Crippen LogP contribution is 2.41. The fraction of sp³-hybridized carbons (Fsp3) is 0.650. The molecule has 2 aliphatic rings. The second-order valence-electron chi connectivity index (χ2n) is 7.51. The Morgan fingerprint density at radius 2 is 2.19 bits per heavy atom. The van der Waals surface area contributed by atoms with Crippen LogP contribution in [0.5, 0.6) is 5.88 Å². The molecule has 3 heterocycles. The van der Waals surface area contributed by atoms with Crippen molar-refractivity contribution in [2.24, 2.45) is 5.41 Å². The van der Waals surface area contributed by atoms with Crippen LogP contribution >= 0.6 is 0 Å². The van der Waals surface area contributed by atoms with E-state index in [1.165, 1.54) is 7.11 Å². The Labute approximate surface area is 160 Å². The molecule has 2 saturated heterocycles. The van der Waals surface area contributed by atoms with Gasteiger partial charge in [-0.1, -0.05) is 0 Å². The topological polar surface area (TPSA) is 78.7 Å². The molecule has 7 heteroatoms. The van der Waals surface area contributed by atoms with E-state index in [1.54, 1.807) is 13.3 Å². The molecule has 0 saturated carbocycles. The highest BCUT2D eigenvalue weighted by atomic mass is 16.5. The molecule has 0 bridgehead atoms. The smallest absolute Gasteiger partial charge is 0.233 e. The fourth-order valence-corrected chi connectivity index (χ4v) is 4.41. The van der Waals surface area contributed by atoms with Crippen LogP contribution in [0, 0.1) is 16.7 Å². The number of piperidine rings is 2. The maximum Gasteiger partial charge on any atom is 0.233 e. The van der Waals surface area contributed by atoms with E-state index in [1.807, 2.05) is 11.0 Å². The van der Waals surface area contributed by atoms with E-state index in [-0.39, 0.29) is 11.3 Å². The molecule has 1 aromatic rings. The minimum atomic E-state index is 0.0858. The van der Waals surface area contributed by atoms with E-state index in [2.05, 4.69) is 16.0 Å². The van der Waals surface area contributed by atoms with Crippen LogP contribution in [0.4, 0.5) is 5.69 Å². The first kappa shape index (κ1) is 19.4. The van der Waals surface area contributed by atoms with E-state index >= 15 is 0 Å². The molecule has 27 heavy (non-hydrogen) atoms. The number of likely N-dealkylation sites (tertiary alicyclic amines) is 1. The van der Waals surface area contributed by atoms with E-state index in [0.29, 0.717) is 24.5 Å². The van der Waals surface area contributed by atoms with Crippen LogP contribution < -0.4 is 9.64 Å². The van der Waals surface area contributed by atoms with Crippen molar-refractivity contribution in [3.8, 4) is 11.9 Å². The fourth-order valence-electron chi connectivity index (χ4n) is 4.41. The van der Waals surface area contributed by atoms with Crippen molar-refractivity contribution in [2.45, 2.75) is 32.1 Å². The lowest BCUT2D eigenvalue weighted by Gasteiger charge is -2.49. The number of anilines is 1. The average molecular weight is 372 g/mol. The Morgan fingerprint density at radius 1 is 1.33 bits per heavy atom. The zero-order valence-corrected chi connectivity index (χ0v) is 16.2. The largest absolute Gasteiger partial charge is 0.480 e. The van der Waals surface area contributed by atoms with Crippen molar-refractivity contribution in [3.05, 3.63) is 17.8 Å². The third kappa shape index (κ3) is 4.16. The normalized spacial score (nSPS) is 22.8. The van der Waals surface area contributed by atoms with Crippen LogP contribution in [0.3, 0.4) is 0 Å². The van der Waals surface area contributed by atoms with Crippen molar-refractivity contribution >= 4 is 11.6 Å². The molecule has 1 atom stereocenters. The third-order valence-corrected chi connectivity index (χ3v) is 5.73. The summed E-state index contributed by atoms with van der Waals surface area (Å²) in [5.41, 5.74) is 1.45. The van der Waals surface area contributed by atoms with E-state index in [0.717, 1.165) is 57.5 Å². The number of hydrogen-bond donors (Lipinski definition) is 0. The van der Waals surface area contributed by atoms with E-state index in [4.69, 9.17) is 9.47 Å². The quantitative estimate of drug-likeness (QED) is 0.713. The van der Waals surface area contributed by atoms with Gasteiger partial charge in [0.15, 0.2) is 0 Å². The van der Waals surface area contributed by atoms with E-state index < -0.39 is 0 Å². The SMILES string of the molecule is COCCCN1C[C@]2(CCCN(c3ccnc(OC)c3C#N)C2)CCC1=O. The number of ether oxygens (including phenoxy) is 2. The van der Waals surface area contributed by atoms with Gasteiger partial charge in [0.25, 0.3) is 0 Å². The van der Waals surface area contributed by atoms with Gasteiger partial charge in [-0.15, -0.1) is 0 Å². The number of pyridine rings is 1. The van der Waals surface area contributed by atoms with Gasteiger partial charge in [-0.2, -0.15) is 5.26 Å². The average Bonchev–Trinajstić information content (AvgIpc) is 2.70. The maximum absolute atomic E-state index is 12.4. The molecule has 0 aliphatic carbocycles. The number of rotatable bonds is 6. The molecule has 0 aromatic carbocycles. The van der Waals surface area contributed by atoms with E-state index in [9.17, 15) is 10.1 Å². The molecule has 2 fully saturated rings. The Bertz CT molecular complexity index is 718. The first-order valence-corrected chi connectivity index (χ1v) is 9.57. The number of aromatic nitrogens is 1. The Hall–Kier alpha value is -2.33. The molecular weight excluding hydrogens is 344 g/mol. The van der Waals surface area contributed by atoms with Crippen LogP contribution in [0.2, 0.25) is 0 Å². The van der Waals surface area contributed by atoms with Gasteiger partial charge in [0.1, 0.15) is 11.6 Å². The maximum atomic E-state index is 12.4. The van der Waals surface area contributed by atoms with Crippen molar-refractivity contribution in [1.29, 1.82) is 5.26 Å². The lowest BCUT2D eigenvalue weighted by molar-refractivity contribution is -0.138. The number of methoxy groups -OCH3 is 2. The minimum absolute atomic E-state index is 0.0858. The van der Waals surface area contributed by atoms with Crippen LogP contribution in [0.1, 0.15) is 37.7 Å². The van der Waals surface area contributed by atoms with Gasteiger partial charge in [0, 0.05) is 57.9 Å². The van der Waals surface area contributed by atoms with Crippen molar-refractivity contribution in [3.63, 3.8) is 0 Å². The number of hydrogen-bond acceptors (Lipinski definition) is 6. The van der Waals surface area contributed by atoms with Crippen LogP contribution in [0.25, 0.3) is 0 Å². The number of amides is 1. The molecule has 1 amide bonds. The van der Waals surface area contributed by atoms with Crippen LogP contribution in [-0.4, -0.2) is 62.8 Å². The Morgan fingerprint density at radius 3 is 2.93 bits per heavy atom. The molecule has 0 N–H and O–H groups in total. The molecule has 2 aliphatic heterocycles. The predicted octanol–water partition coefficient (Wildman–Crippen LogP) is 2.21. The Balaban J connectivity index is 1.78. The van der Waals surface area contributed by atoms with Gasteiger partial charge in [-0.3, -0.25) is 4.79 Å². The summed E-state index contributed by atoms with van der Waals surface area (Å²) in [4.78, 5) is 20.8. The Kier molecular flexibility index (Phi) is 6.17. The summed E-state index contributed by atoms with van der Waals surface area (Å²) >= 11 is 0. The van der Waals surface area contributed by atoms with Gasteiger partial charge in [-0.05, 0) is 31.7 Å². The molecule has 0 unspecified atom stereocenters. The number of nitriles is 1. The number of carbonyl (C=O) groups excluding carboxylic acids is 1. The standard InChI is InChI=1S/C20H28N4O3/c1-26-12-4-11-24-15-20(8-5-18(24)25)7-3-10-23(14-20)17-6-9-22-19(27-2)16(17)13-21/h6,9H,3-5,7-8,10-12,14-15H2,1-2H3/t20-/m1/s1. The second-order valence-corrected chi connectivity index (χ2v) is 7.51. The summed E-state index contributed by atoms with van der Waals surface area (Å²) in [7, 11) is 3.23. The molecule has 1 aromatic heterocycles. The van der Waals surface area contributed by atoms with Crippen molar-refractivity contribution in [1.82, 2.24) is 9.88 Å². The van der Waals surface area contributed by atoms with Gasteiger partial charge in [0.05, 0.1) is 12.8 Å².